The first kappa shape index (κ1) is 14.2. The Morgan fingerprint density at radius 3 is 2.18 bits per heavy atom. The summed E-state index contributed by atoms with van der Waals surface area (Å²) < 4.78 is 0. The number of aryl methyl sites for hydroxylation is 1. The largest absolute Gasteiger partial charge is 0.395 e. The Hall–Kier alpha value is -0.860. The van der Waals surface area contributed by atoms with E-state index in [4.69, 9.17) is 0 Å². The molecular weight excluding hydrogens is 210 g/mol. The maximum Gasteiger partial charge on any atom is 0.0584 e. The molecule has 2 atom stereocenters. The third-order valence-corrected chi connectivity index (χ3v) is 3.04. The van der Waals surface area contributed by atoms with Crippen molar-refractivity contribution >= 4 is 0 Å². The molecule has 96 valence electrons. The molecule has 0 amide bonds. The fourth-order valence-corrected chi connectivity index (χ4v) is 2.07. The van der Waals surface area contributed by atoms with E-state index >= 15 is 0 Å². The zero-order chi connectivity index (χ0) is 12.8. The highest BCUT2D eigenvalue weighted by atomic mass is 16.3. The average Bonchev–Trinajstić information content (AvgIpc) is 2.28. The van der Waals surface area contributed by atoms with Crippen LogP contribution in [-0.4, -0.2) is 17.8 Å². The first-order valence-electron chi connectivity index (χ1n) is 6.46. The minimum Gasteiger partial charge on any atom is -0.395 e. The summed E-state index contributed by atoms with van der Waals surface area (Å²) in [5.41, 5.74) is 2.56. The molecule has 0 fully saturated rings. The lowest BCUT2D eigenvalue weighted by atomic mass is 10.0. The van der Waals surface area contributed by atoms with Crippen molar-refractivity contribution in [2.45, 2.75) is 46.2 Å². The fourth-order valence-electron chi connectivity index (χ4n) is 2.07. The highest BCUT2D eigenvalue weighted by Gasteiger charge is 2.13. The van der Waals surface area contributed by atoms with Gasteiger partial charge in [0.25, 0.3) is 0 Å². The number of hydrogen-bond acceptors (Lipinski definition) is 2. The summed E-state index contributed by atoms with van der Waals surface area (Å²) in [6.45, 7) is 8.81. The van der Waals surface area contributed by atoms with E-state index in [1.165, 1.54) is 11.1 Å². The molecule has 1 aromatic rings. The van der Waals surface area contributed by atoms with Gasteiger partial charge < -0.3 is 10.4 Å². The smallest absolute Gasteiger partial charge is 0.0584 e. The van der Waals surface area contributed by atoms with E-state index in [2.05, 4.69) is 57.3 Å². The standard InChI is InChI=1S/C15H25NO/c1-11(2)9-15(10-17)16-13(4)14-7-5-12(3)6-8-14/h5-8,11,13,15-17H,9-10H2,1-4H3. The molecule has 1 rings (SSSR count). The summed E-state index contributed by atoms with van der Waals surface area (Å²) in [6.07, 6.45) is 1.01. The van der Waals surface area contributed by atoms with Crippen molar-refractivity contribution in [1.29, 1.82) is 0 Å². The Labute approximate surface area is 105 Å². The van der Waals surface area contributed by atoms with Gasteiger partial charge in [-0.25, -0.2) is 0 Å². The van der Waals surface area contributed by atoms with Gasteiger partial charge in [0, 0.05) is 12.1 Å². The van der Waals surface area contributed by atoms with Crippen LogP contribution >= 0.6 is 0 Å². The second-order valence-electron chi connectivity index (χ2n) is 5.31. The van der Waals surface area contributed by atoms with Gasteiger partial charge in [0.05, 0.1) is 6.61 Å². The molecule has 0 saturated carbocycles. The zero-order valence-corrected chi connectivity index (χ0v) is 11.4. The van der Waals surface area contributed by atoms with Gasteiger partial charge in [-0.05, 0) is 31.7 Å². The number of aliphatic hydroxyl groups excluding tert-OH is 1. The molecule has 2 N–H and O–H groups in total. The van der Waals surface area contributed by atoms with Gasteiger partial charge in [0.1, 0.15) is 0 Å². The molecular formula is C15H25NO. The quantitative estimate of drug-likeness (QED) is 0.794. The summed E-state index contributed by atoms with van der Waals surface area (Å²) in [5.74, 6) is 0.602. The van der Waals surface area contributed by atoms with Crippen LogP contribution in [0.4, 0.5) is 0 Å². The molecule has 0 aromatic heterocycles. The number of benzene rings is 1. The highest BCUT2D eigenvalue weighted by molar-refractivity contribution is 5.23. The molecule has 0 spiro atoms. The van der Waals surface area contributed by atoms with E-state index in [0.717, 1.165) is 6.42 Å². The molecule has 0 bridgehead atoms. The van der Waals surface area contributed by atoms with Crippen LogP contribution in [0.2, 0.25) is 0 Å². The maximum absolute atomic E-state index is 9.35. The SMILES string of the molecule is Cc1ccc(C(C)NC(CO)CC(C)C)cc1. The second-order valence-corrected chi connectivity index (χ2v) is 5.31. The topological polar surface area (TPSA) is 32.3 Å². The van der Waals surface area contributed by atoms with E-state index in [-0.39, 0.29) is 18.7 Å². The Morgan fingerprint density at radius 2 is 1.71 bits per heavy atom. The third-order valence-electron chi connectivity index (χ3n) is 3.04. The average molecular weight is 235 g/mol. The maximum atomic E-state index is 9.35. The predicted octanol–water partition coefficient (Wildman–Crippen LogP) is 3.05. The van der Waals surface area contributed by atoms with Crippen LogP contribution in [0.5, 0.6) is 0 Å². The van der Waals surface area contributed by atoms with Crippen LogP contribution in [0.15, 0.2) is 24.3 Å². The van der Waals surface area contributed by atoms with Gasteiger partial charge in [0.15, 0.2) is 0 Å². The van der Waals surface area contributed by atoms with Crippen LogP contribution in [0.1, 0.15) is 44.4 Å². The summed E-state index contributed by atoms with van der Waals surface area (Å²) in [5, 5.41) is 12.8. The lowest BCUT2D eigenvalue weighted by Crippen LogP contribution is -2.35. The predicted molar refractivity (Wildman–Crippen MR) is 73.1 cm³/mol. The van der Waals surface area contributed by atoms with Crippen molar-refractivity contribution in [3.63, 3.8) is 0 Å². The second kappa shape index (κ2) is 6.77. The molecule has 17 heavy (non-hydrogen) atoms. The van der Waals surface area contributed by atoms with Crippen LogP contribution in [0.25, 0.3) is 0 Å². The normalized spacial score (nSPS) is 14.9. The van der Waals surface area contributed by atoms with Crippen molar-refractivity contribution in [1.82, 2.24) is 5.32 Å². The molecule has 1 aromatic carbocycles. The van der Waals surface area contributed by atoms with Crippen molar-refractivity contribution in [3.8, 4) is 0 Å². The lowest BCUT2D eigenvalue weighted by molar-refractivity contribution is 0.215. The molecule has 0 radical (unpaired) electrons. The van der Waals surface area contributed by atoms with E-state index in [1.807, 2.05) is 0 Å². The van der Waals surface area contributed by atoms with Crippen molar-refractivity contribution in [2.75, 3.05) is 6.61 Å². The Morgan fingerprint density at radius 1 is 1.12 bits per heavy atom. The molecule has 0 aliphatic carbocycles. The van der Waals surface area contributed by atoms with Crippen molar-refractivity contribution in [3.05, 3.63) is 35.4 Å². The molecule has 0 heterocycles. The first-order chi connectivity index (χ1) is 8.02. The summed E-state index contributed by atoms with van der Waals surface area (Å²) in [7, 11) is 0. The molecule has 0 aliphatic heterocycles. The van der Waals surface area contributed by atoms with Gasteiger partial charge in [-0.2, -0.15) is 0 Å². The highest BCUT2D eigenvalue weighted by Crippen LogP contribution is 2.15. The van der Waals surface area contributed by atoms with E-state index in [0.29, 0.717) is 5.92 Å². The summed E-state index contributed by atoms with van der Waals surface area (Å²) in [4.78, 5) is 0. The Balaban J connectivity index is 2.57. The van der Waals surface area contributed by atoms with Crippen molar-refractivity contribution < 1.29 is 5.11 Å². The number of nitrogens with one attached hydrogen (secondary N) is 1. The molecule has 2 unspecified atom stereocenters. The summed E-state index contributed by atoms with van der Waals surface area (Å²) in [6, 6.07) is 9.03. The number of hydrogen-bond donors (Lipinski definition) is 2. The van der Waals surface area contributed by atoms with E-state index in [1.54, 1.807) is 0 Å². The van der Waals surface area contributed by atoms with E-state index < -0.39 is 0 Å². The van der Waals surface area contributed by atoms with Crippen LogP contribution in [-0.2, 0) is 0 Å². The van der Waals surface area contributed by atoms with E-state index in [9.17, 15) is 5.11 Å². The molecule has 2 heteroatoms. The number of aliphatic hydroxyl groups is 1. The van der Waals surface area contributed by atoms with Crippen molar-refractivity contribution in [2.24, 2.45) is 5.92 Å². The van der Waals surface area contributed by atoms with Gasteiger partial charge in [0.2, 0.25) is 0 Å². The fraction of sp³-hybridized carbons (Fsp3) is 0.600. The zero-order valence-electron chi connectivity index (χ0n) is 11.4. The minimum absolute atomic E-state index is 0.186. The van der Waals surface area contributed by atoms with Gasteiger partial charge in [-0.15, -0.1) is 0 Å². The molecule has 0 saturated heterocycles. The van der Waals surface area contributed by atoms with Gasteiger partial charge in [-0.3, -0.25) is 0 Å². The van der Waals surface area contributed by atoms with Gasteiger partial charge in [-0.1, -0.05) is 43.7 Å². The molecule has 0 aliphatic rings. The Bertz CT molecular complexity index is 318. The van der Waals surface area contributed by atoms with Crippen LogP contribution in [0, 0.1) is 12.8 Å². The van der Waals surface area contributed by atoms with Gasteiger partial charge >= 0.3 is 0 Å². The van der Waals surface area contributed by atoms with Crippen LogP contribution < -0.4 is 5.32 Å². The first-order valence-corrected chi connectivity index (χ1v) is 6.46. The molecule has 2 nitrogen and oxygen atoms in total. The third kappa shape index (κ3) is 4.88. The Kier molecular flexibility index (Phi) is 5.66. The minimum atomic E-state index is 0.186. The number of rotatable bonds is 6. The monoisotopic (exact) mass is 235 g/mol. The lowest BCUT2D eigenvalue weighted by Gasteiger charge is -2.23. The van der Waals surface area contributed by atoms with Crippen LogP contribution in [0.3, 0.4) is 0 Å². The summed E-state index contributed by atoms with van der Waals surface area (Å²) >= 11 is 0.